The molecule has 0 amide bonds. The Morgan fingerprint density at radius 2 is 1.43 bits per heavy atom. The monoisotopic (exact) mass is 304 g/mol. The second-order valence-corrected chi connectivity index (χ2v) is 5.26. The van der Waals surface area contributed by atoms with E-state index in [1.165, 1.54) is 7.11 Å². The molecule has 0 radical (unpaired) electrons. The van der Waals surface area contributed by atoms with Gasteiger partial charge in [-0.05, 0) is 6.07 Å². The maximum absolute atomic E-state index is 11.8. The van der Waals surface area contributed by atoms with Crippen molar-refractivity contribution >= 4 is 5.97 Å². The molecule has 0 N–H and O–H groups in total. The summed E-state index contributed by atoms with van der Waals surface area (Å²) in [5.41, 5.74) is 2.85. The molecule has 0 spiro atoms. The molecule has 23 heavy (non-hydrogen) atoms. The number of hydrogen-bond donors (Lipinski definition) is 0. The van der Waals surface area contributed by atoms with Gasteiger partial charge in [-0.3, -0.25) is 0 Å². The zero-order valence-corrected chi connectivity index (χ0v) is 12.9. The highest BCUT2D eigenvalue weighted by Crippen LogP contribution is 2.21. The Labute approximate surface area is 135 Å². The molecule has 0 bridgehead atoms. The predicted molar refractivity (Wildman–Crippen MR) is 88.1 cm³/mol. The molecule has 0 aliphatic carbocycles. The summed E-state index contributed by atoms with van der Waals surface area (Å²) in [5.74, 6) is -0.334. The summed E-state index contributed by atoms with van der Waals surface area (Å²) in [4.78, 5) is 11.8. The fraction of sp³-hybridized carbons (Fsp3) is 0.100. The molecule has 0 saturated carbocycles. The first-order valence-corrected chi connectivity index (χ1v) is 7.48. The van der Waals surface area contributed by atoms with Gasteiger partial charge in [-0.25, -0.2) is 4.79 Å². The standard InChI is InChI=1S/C20H18NO2/c1-23-20(22)18-13-8-14-21(15-18)19(16-9-4-2-5-10-16)17-11-6-3-7-12-17/h2-15,19H,1H3/q+1. The van der Waals surface area contributed by atoms with Crippen LogP contribution in [-0.4, -0.2) is 13.1 Å². The SMILES string of the molecule is COC(=O)c1ccc[n+](C(c2ccccc2)c2ccccc2)c1. The van der Waals surface area contributed by atoms with Crippen molar-refractivity contribution in [2.24, 2.45) is 0 Å². The van der Waals surface area contributed by atoms with E-state index in [0.29, 0.717) is 5.56 Å². The van der Waals surface area contributed by atoms with Crippen LogP contribution in [0.1, 0.15) is 27.5 Å². The number of methoxy groups -OCH3 is 1. The fourth-order valence-corrected chi connectivity index (χ4v) is 2.70. The van der Waals surface area contributed by atoms with Crippen LogP contribution in [0.3, 0.4) is 0 Å². The number of hydrogen-bond acceptors (Lipinski definition) is 2. The molecule has 2 aromatic carbocycles. The van der Waals surface area contributed by atoms with Gasteiger partial charge in [0.25, 0.3) is 0 Å². The van der Waals surface area contributed by atoms with E-state index in [0.717, 1.165) is 11.1 Å². The minimum absolute atomic E-state index is 0.00186. The van der Waals surface area contributed by atoms with Gasteiger partial charge in [-0.2, -0.15) is 4.57 Å². The minimum atomic E-state index is -0.334. The molecule has 1 aromatic heterocycles. The summed E-state index contributed by atoms with van der Waals surface area (Å²) in [6.45, 7) is 0. The number of aromatic nitrogens is 1. The van der Waals surface area contributed by atoms with E-state index >= 15 is 0 Å². The molecule has 3 heteroatoms. The molecule has 1 heterocycles. The third-order valence-electron chi connectivity index (χ3n) is 3.77. The normalized spacial score (nSPS) is 10.5. The van der Waals surface area contributed by atoms with Crippen molar-refractivity contribution < 1.29 is 14.1 Å². The van der Waals surface area contributed by atoms with Gasteiger partial charge in [0.15, 0.2) is 12.4 Å². The Balaban J connectivity index is 2.11. The first-order chi connectivity index (χ1) is 11.3. The van der Waals surface area contributed by atoms with Gasteiger partial charge in [-0.1, -0.05) is 60.7 Å². The van der Waals surface area contributed by atoms with Crippen LogP contribution >= 0.6 is 0 Å². The van der Waals surface area contributed by atoms with Gasteiger partial charge in [0.2, 0.25) is 6.04 Å². The fourth-order valence-electron chi connectivity index (χ4n) is 2.70. The summed E-state index contributed by atoms with van der Waals surface area (Å²) in [6.07, 6.45) is 3.80. The topological polar surface area (TPSA) is 30.2 Å². The third kappa shape index (κ3) is 3.29. The molecular formula is C20H18NO2+. The van der Waals surface area contributed by atoms with Gasteiger partial charge in [0, 0.05) is 17.2 Å². The lowest BCUT2D eigenvalue weighted by Crippen LogP contribution is -2.41. The Hall–Kier alpha value is -2.94. The van der Waals surface area contributed by atoms with Crippen molar-refractivity contribution in [3.8, 4) is 0 Å². The molecule has 3 rings (SSSR count). The molecule has 0 unspecified atom stereocenters. The quantitative estimate of drug-likeness (QED) is 0.546. The highest BCUT2D eigenvalue weighted by molar-refractivity contribution is 5.88. The van der Waals surface area contributed by atoms with E-state index in [2.05, 4.69) is 24.3 Å². The maximum Gasteiger partial charge on any atom is 0.343 e. The number of benzene rings is 2. The molecule has 3 aromatic rings. The highest BCUT2D eigenvalue weighted by Gasteiger charge is 2.24. The summed E-state index contributed by atoms with van der Waals surface area (Å²) >= 11 is 0. The van der Waals surface area contributed by atoms with Crippen molar-refractivity contribution in [1.82, 2.24) is 0 Å². The molecule has 0 aliphatic heterocycles. The van der Waals surface area contributed by atoms with Crippen LogP contribution in [0.25, 0.3) is 0 Å². The number of pyridine rings is 1. The maximum atomic E-state index is 11.8. The van der Waals surface area contributed by atoms with E-state index in [4.69, 9.17) is 4.74 Å². The van der Waals surface area contributed by atoms with Crippen LogP contribution in [0.2, 0.25) is 0 Å². The molecule has 0 fully saturated rings. The van der Waals surface area contributed by atoms with E-state index in [9.17, 15) is 4.79 Å². The largest absolute Gasteiger partial charge is 0.465 e. The van der Waals surface area contributed by atoms with Crippen LogP contribution in [0.15, 0.2) is 85.2 Å². The molecule has 114 valence electrons. The van der Waals surface area contributed by atoms with E-state index in [1.807, 2.05) is 59.4 Å². The Morgan fingerprint density at radius 3 is 1.96 bits per heavy atom. The number of esters is 1. The second kappa shape index (κ2) is 6.88. The summed E-state index contributed by atoms with van der Waals surface area (Å²) < 4.78 is 6.87. The van der Waals surface area contributed by atoms with Gasteiger partial charge in [0.05, 0.1) is 7.11 Å². The van der Waals surface area contributed by atoms with Crippen molar-refractivity contribution in [3.05, 3.63) is 102 Å². The van der Waals surface area contributed by atoms with Gasteiger partial charge in [0.1, 0.15) is 5.56 Å². The molecule has 0 saturated heterocycles. The first kappa shape index (κ1) is 15.0. The van der Waals surface area contributed by atoms with Crippen LogP contribution in [0.4, 0.5) is 0 Å². The van der Waals surface area contributed by atoms with E-state index in [-0.39, 0.29) is 12.0 Å². The predicted octanol–water partition coefficient (Wildman–Crippen LogP) is 3.40. The lowest BCUT2D eigenvalue weighted by atomic mass is 9.98. The Morgan fingerprint density at radius 1 is 0.870 bits per heavy atom. The van der Waals surface area contributed by atoms with Gasteiger partial charge >= 0.3 is 5.97 Å². The lowest BCUT2D eigenvalue weighted by Gasteiger charge is -2.14. The number of ether oxygens (including phenoxy) is 1. The second-order valence-electron chi connectivity index (χ2n) is 5.26. The Bertz CT molecular complexity index is 746. The van der Waals surface area contributed by atoms with Gasteiger partial charge in [-0.15, -0.1) is 0 Å². The van der Waals surface area contributed by atoms with Crippen molar-refractivity contribution in [2.45, 2.75) is 6.04 Å². The van der Waals surface area contributed by atoms with Crippen LogP contribution in [0.5, 0.6) is 0 Å². The summed E-state index contributed by atoms with van der Waals surface area (Å²) in [5, 5.41) is 0. The van der Waals surface area contributed by atoms with Crippen LogP contribution in [-0.2, 0) is 4.74 Å². The molecule has 3 nitrogen and oxygen atoms in total. The van der Waals surface area contributed by atoms with E-state index in [1.54, 1.807) is 6.07 Å². The Kier molecular flexibility index (Phi) is 4.48. The van der Waals surface area contributed by atoms with Crippen molar-refractivity contribution in [2.75, 3.05) is 7.11 Å². The number of carbonyl (C=O) groups excluding carboxylic acids is 1. The zero-order valence-electron chi connectivity index (χ0n) is 12.9. The van der Waals surface area contributed by atoms with Gasteiger partial charge < -0.3 is 4.74 Å². The van der Waals surface area contributed by atoms with Crippen LogP contribution in [0, 0.1) is 0 Å². The van der Waals surface area contributed by atoms with Crippen molar-refractivity contribution in [1.29, 1.82) is 0 Å². The number of carbonyl (C=O) groups is 1. The first-order valence-electron chi connectivity index (χ1n) is 7.48. The highest BCUT2D eigenvalue weighted by atomic mass is 16.5. The smallest absolute Gasteiger partial charge is 0.343 e. The average Bonchev–Trinajstić information content (AvgIpc) is 2.63. The van der Waals surface area contributed by atoms with Crippen molar-refractivity contribution in [3.63, 3.8) is 0 Å². The zero-order chi connectivity index (χ0) is 16.1. The number of nitrogens with zero attached hydrogens (tertiary/aromatic N) is 1. The van der Waals surface area contributed by atoms with E-state index < -0.39 is 0 Å². The summed E-state index contributed by atoms with van der Waals surface area (Å²) in [6, 6.07) is 24.1. The molecule has 0 aliphatic rings. The van der Waals surface area contributed by atoms with Crippen LogP contribution < -0.4 is 4.57 Å². The minimum Gasteiger partial charge on any atom is -0.465 e. The molecular weight excluding hydrogens is 286 g/mol. The molecule has 0 atom stereocenters. The summed E-state index contributed by atoms with van der Waals surface area (Å²) in [7, 11) is 1.39. The average molecular weight is 304 g/mol. The number of rotatable bonds is 4. The third-order valence-corrected chi connectivity index (χ3v) is 3.77. The lowest BCUT2D eigenvalue weighted by molar-refractivity contribution is -0.705.